The van der Waals surface area contributed by atoms with E-state index in [9.17, 15) is 0 Å². The zero-order chi connectivity index (χ0) is 14.8. The van der Waals surface area contributed by atoms with Crippen molar-refractivity contribution < 1.29 is 4.74 Å². The number of hydrogen-bond donors (Lipinski definition) is 1. The third-order valence-electron chi connectivity index (χ3n) is 3.58. The Morgan fingerprint density at radius 3 is 3.00 bits per heavy atom. The minimum Gasteiger partial charge on any atom is -0.488 e. The Labute approximate surface area is 129 Å². The maximum atomic E-state index is 9.11. The van der Waals surface area contributed by atoms with E-state index in [0.717, 1.165) is 17.9 Å². The Kier molecular flexibility index (Phi) is 3.72. The van der Waals surface area contributed by atoms with Crippen molar-refractivity contribution >= 4 is 17.3 Å². The summed E-state index contributed by atoms with van der Waals surface area (Å²) in [5, 5.41) is 13.0. The zero-order valence-electron chi connectivity index (χ0n) is 11.7. The van der Waals surface area contributed by atoms with Gasteiger partial charge in [-0.15, -0.1) is 0 Å². The van der Waals surface area contributed by atoms with Crippen LogP contribution in [0.4, 0.5) is 5.69 Å². The predicted molar refractivity (Wildman–Crippen MR) is 84.0 cm³/mol. The minimum absolute atomic E-state index is 0.0762. The maximum Gasteiger partial charge on any atom is 0.123 e. The van der Waals surface area contributed by atoms with E-state index in [1.165, 1.54) is 11.1 Å². The lowest BCUT2D eigenvalue weighted by Gasteiger charge is -2.14. The molecule has 1 aliphatic heterocycles. The van der Waals surface area contributed by atoms with E-state index >= 15 is 0 Å². The second kappa shape index (κ2) is 5.67. The third kappa shape index (κ3) is 2.96. The van der Waals surface area contributed by atoms with Crippen LogP contribution in [0.25, 0.3) is 0 Å². The van der Waals surface area contributed by atoms with Crippen molar-refractivity contribution in [2.45, 2.75) is 19.4 Å². The van der Waals surface area contributed by atoms with E-state index in [-0.39, 0.29) is 6.10 Å². The van der Waals surface area contributed by atoms with Crippen molar-refractivity contribution in [2.24, 2.45) is 0 Å². The molecule has 3 rings (SSSR count). The van der Waals surface area contributed by atoms with Gasteiger partial charge in [-0.05, 0) is 36.8 Å². The van der Waals surface area contributed by atoms with Gasteiger partial charge in [0, 0.05) is 11.4 Å². The second-order valence-corrected chi connectivity index (χ2v) is 5.67. The van der Waals surface area contributed by atoms with Crippen LogP contribution in [0.1, 0.15) is 16.7 Å². The number of aryl methyl sites for hydroxylation is 1. The molecule has 0 spiro atoms. The first-order valence-electron chi connectivity index (χ1n) is 6.85. The van der Waals surface area contributed by atoms with Crippen LogP contribution < -0.4 is 10.1 Å². The Morgan fingerprint density at radius 2 is 2.19 bits per heavy atom. The van der Waals surface area contributed by atoms with Gasteiger partial charge >= 0.3 is 0 Å². The van der Waals surface area contributed by atoms with Crippen LogP contribution in [-0.2, 0) is 6.42 Å². The third-order valence-corrected chi connectivity index (χ3v) is 3.81. The molecule has 0 aromatic heterocycles. The van der Waals surface area contributed by atoms with Crippen LogP contribution >= 0.6 is 11.6 Å². The van der Waals surface area contributed by atoms with E-state index in [1.807, 2.05) is 6.07 Å². The predicted octanol–water partition coefficient (Wildman–Crippen LogP) is 3.94. The van der Waals surface area contributed by atoms with E-state index in [2.05, 4.69) is 30.4 Å². The summed E-state index contributed by atoms with van der Waals surface area (Å²) in [5.41, 5.74) is 3.83. The van der Waals surface area contributed by atoms with Crippen LogP contribution in [0.15, 0.2) is 36.4 Å². The fourth-order valence-corrected chi connectivity index (χ4v) is 2.72. The number of benzene rings is 2. The van der Waals surface area contributed by atoms with Gasteiger partial charge < -0.3 is 10.1 Å². The molecule has 106 valence electrons. The zero-order valence-corrected chi connectivity index (χ0v) is 12.4. The summed E-state index contributed by atoms with van der Waals surface area (Å²) in [6, 6.07) is 13.6. The lowest BCUT2D eigenvalue weighted by molar-refractivity contribution is 0.246. The van der Waals surface area contributed by atoms with Gasteiger partial charge in [-0.2, -0.15) is 5.26 Å². The van der Waals surface area contributed by atoms with Crippen LogP contribution in [0.3, 0.4) is 0 Å². The van der Waals surface area contributed by atoms with Crippen molar-refractivity contribution in [2.75, 3.05) is 11.9 Å². The molecule has 1 unspecified atom stereocenters. The normalized spacial score (nSPS) is 16.0. The SMILES string of the molecule is Cc1ccc2c(c1)CC(CNc1cc(Cl)ccc1C#N)O2. The number of hydrogen-bond acceptors (Lipinski definition) is 3. The van der Waals surface area contributed by atoms with Crippen molar-refractivity contribution in [3.63, 3.8) is 0 Å². The Bertz CT molecular complexity index is 721. The average molecular weight is 299 g/mol. The molecule has 1 aliphatic rings. The standard InChI is InChI=1S/C17H15ClN2O/c1-11-2-5-17-13(6-11)7-15(21-17)10-20-16-8-14(18)4-3-12(16)9-19/h2-6,8,15,20H,7,10H2,1H3. The number of rotatable bonds is 3. The van der Waals surface area contributed by atoms with Gasteiger partial charge in [0.1, 0.15) is 17.9 Å². The first-order valence-corrected chi connectivity index (χ1v) is 7.23. The van der Waals surface area contributed by atoms with Crippen LogP contribution in [0.5, 0.6) is 5.75 Å². The monoisotopic (exact) mass is 298 g/mol. The largest absolute Gasteiger partial charge is 0.488 e. The van der Waals surface area contributed by atoms with Crippen molar-refractivity contribution in [3.05, 3.63) is 58.1 Å². The maximum absolute atomic E-state index is 9.11. The number of fused-ring (bicyclic) bond motifs is 1. The highest BCUT2D eigenvalue weighted by molar-refractivity contribution is 6.30. The van der Waals surface area contributed by atoms with Gasteiger partial charge in [0.15, 0.2) is 0 Å². The molecule has 0 saturated carbocycles. The minimum atomic E-state index is 0.0762. The molecule has 4 heteroatoms. The molecule has 1 N–H and O–H groups in total. The van der Waals surface area contributed by atoms with Gasteiger partial charge in [-0.3, -0.25) is 0 Å². The Morgan fingerprint density at radius 1 is 1.33 bits per heavy atom. The highest BCUT2D eigenvalue weighted by atomic mass is 35.5. The highest BCUT2D eigenvalue weighted by Crippen LogP contribution is 2.30. The van der Waals surface area contributed by atoms with Gasteiger partial charge in [0.2, 0.25) is 0 Å². The lowest BCUT2D eigenvalue weighted by atomic mass is 10.1. The molecule has 0 bridgehead atoms. The Hall–Kier alpha value is -2.18. The van der Waals surface area contributed by atoms with Gasteiger partial charge in [0.25, 0.3) is 0 Å². The number of halogens is 1. The fourth-order valence-electron chi connectivity index (χ4n) is 2.55. The van der Waals surface area contributed by atoms with Crippen LogP contribution in [-0.4, -0.2) is 12.6 Å². The van der Waals surface area contributed by atoms with Gasteiger partial charge in [-0.25, -0.2) is 0 Å². The first kappa shape index (κ1) is 13.8. The molecule has 0 saturated heterocycles. The van der Waals surface area contributed by atoms with E-state index in [1.54, 1.807) is 18.2 Å². The Balaban J connectivity index is 1.68. The molecule has 2 aromatic rings. The summed E-state index contributed by atoms with van der Waals surface area (Å²) in [6.45, 7) is 2.72. The average Bonchev–Trinajstić information content (AvgIpc) is 2.87. The molecule has 0 aliphatic carbocycles. The lowest BCUT2D eigenvalue weighted by Crippen LogP contribution is -2.24. The fraction of sp³-hybridized carbons (Fsp3) is 0.235. The number of nitriles is 1. The number of anilines is 1. The van der Waals surface area contributed by atoms with Gasteiger partial charge in [-0.1, -0.05) is 29.3 Å². The van der Waals surface area contributed by atoms with E-state index in [4.69, 9.17) is 21.6 Å². The number of ether oxygens (including phenoxy) is 1. The first-order chi connectivity index (χ1) is 10.2. The molecular weight excluding hydrogens is 284 g/mol. The molecule has 0 fully saturated rings. The molecule has 2 aromatic carbocycles. The molecule has 0 amide bonds. The second-order valence-electron chi connectivity index (χ2n) is 5.24. The number of nitrogens with one attached hydrogen (secondary N) is 1. The van der Waals surface area contributed by atoms with Crippen LogP contribution in [0, 0.1) is 18.3 Å². The van der Waals surface area contributed by atoms with Crippen molar-refractivity contribution in [1.82, 2.24) is 0 Å². The summed E-state index contributed by atoms with van der Waals surface area (Å²) in [7, 11) is 0. The van der Waals surface area contributed by atoms with E-state index < -0.39 is 0 Å². The van der Waals surface area contributed by atoms with Gasteiger partial charge in [0.05, 0.1) is 17.8 Å². The quantitative estimate of drug-likeness (QED) is 0.933. The molecule has 21 heavy (non-hydrogen) atoms. The smallest absolute Gasteiger partial charge is 0.123 e. The topological polar surface area (TPSA) is 45.0 Å². The summed E-state index contributed by atoms with van der Waals surface area (Å²) in [6.07, 6.45) is 0.958. The van der Waals surface area contributed by atoms with Crippen LogP contribution in [0.2, 0.25) is 5.02 Å². The summed E-state index contributed by atoms with van der Waals surface area (Å²) in [4.78, 5) is 0. The summed E-state index contributed by atoms with van der Waals surface area (Å²) in [5.74, 6) is 0.957. The molecular formula is C17H15ClN2O. The van der Waals surface area contributed by atoms with Crippen molar-refractivity contribution in [1.29, 1.82) is 5.26 Å². The highest BCUT2D eigenvalue weighted by Gasteiger charge is 2.22. The van der Waals surface area contributed by atoms with Crippen molar-refractivity contribution in [3.8, 4) is 11.8 Å². The van der Waals surface area contributed by atoms with E-state index in [0.29, 0.717) is 17.1 Å². The molecule has 1 atom stereocenters. The summed E-state index contributed by atoms with van der Waals surface area (Å²) >= 11 is 5.98. The number of nitrogens with zero attached hydrogens (tertiary/aromatic N) is 1. The molecule has 3 nitrogen and oxygen atoms in total. The molecule has 1 heterocycles. The summed E-state index contributed by atoms with van der Waals surface area (Å²) < 4.78 is 5.91. The molecule has 0 radical (unpaired) electrons.